The summed E-state index contributed by atoms with van der Waals surface area (Å²) in [5.74, 6) is -0.248. The lowest BCUT2D eigenvalue weighted by Gasteiger charge is -2.14. The van der Waals surface area contributed by atoms with Crippen LogP contribution in [0.5, 0.6) is 0 Å². The van der Waals surface area contributed by atoms with Gasteiger partial charge in [-0.15, -0.1) is 0 Å². The van der Waals surface area contributed by atoms with Crippen LogP contribution in [0.4, 0.5) is 0 Å². The van der Waals surface area contributed by atoms with Crippen molar-refractivity contribution in [2.24, 2.45) is 0 Å². The normalized spacial score (nSPS) is 15.2. The maximum absolute atomic E-state index is 11.7. The number of amides is 1. The molecule has 0 spiro atoms. The van der Waals surface area contributed by atoms with Crippen LogP contribution in [-0.4, -0.2) is 30.5 Å². The third-order valence-electron chi connectivity index (χ3n) is 2.65. The smallest absolute Gasteiger partial charge is 0.268 e. The summed E-state index contributed by atoms with van der Waals surface area (Å²) < 4.78 is 0. The van der Waals surface area contributed by atoms with Gasteiger partial charge in [-0.3, -0.25) is 9.59 Å². The SMILES string of the molecule is O=C(NCC1=CCNCC1)c1cccc(=O)[nH]1. The van der Waals surface area contributed by atoms with E-state index in [1.165, 1.54) is 11.6 Å². The lowest BCUT2D eigenvalue weighted by Crippen LogP contribution is -2.30. The van der Waals surface area contributed by atoms with Gasteiger partial charge in [0.1, 0.15) is 5.69 Å². The molecule has 1 aromatic heterocycles. The fourth-order valence-corrected chi connectivity index (χ4v) is 1.70. The van der Waals surface area contributed by atoms with Crippen molar-refractivity contribution in [1.82, 2.24) is 15.6 Å². The molecule has 5 heteroatoms. The van der Waals surface area contributed by atoms with Crippen molar-refractivity contribution < 1.29 is 4.79 Å². The number of hydrogen-bond donors (Lipinski definition) is 3. The van der Waals surface area contributed by atoms with Crippen LogP contribution in [0, 0.1) is 0 Å². The second kappa shape index (κ2) is 5.45. The Hall–Kier alpha value is -1.88. The second-order valence-electron chi connectivity index (χ2n) is 3.93. The van der Waals surface area contributed by atoms with Crippen molar-refractivity contribution in [2.75, 3.05) is 19.6 Å². The number of carbonyl (C=O) groups is 1. The maximum atomic E-state index is 11.7. The number of H-pyrrole nitrogens is 1. The molecule has 0 atom stereocenters. The molecule has 0 saturated heterocycles. The quantitative estimate of drug-likeness (QED) is 0.645. The van der Waals surface area contributed by atoms with E-state index in [1.807, 2.05) is 0 Å². The van der Waals surface area contributed by atoms with E-state index in [2.05, 4.69) is 21.7 Å². The minimum absolute atomic E-state index is 0.248. The zero-order valence-electron chi connectivity index (χ0n) is 9.45. The third-order valence-corrected chi connectivity index (χ3v) is 2.65. The van der Waals surface area contributed by atoms with Crippen LogP contribution in [0.2, 0.25) is 0 Å². The van der Waals surface area contributed by atoms with Crippen LogP contribution < -0.4 is 16.2 Å². The fourth-order valence-electron chi connectivity index (χ4n) is 1.70. The highest BCUT2D eigenvalue weighted by Crippen LogP contribution is 2.02. The fraction of sp³-hybridized carbons (Fsp3) is 0.333. The van der Waals surface area contributed by atoms with E-state index in [9.17, 15) is 9.59 Å². The van der Waals surface area contributed by atoms with Gasteiger partial charge in [-0.05, 0) is 19.0 Å². The first-order chi connectivity index (χ1) is 8.25. The van der Waals surface area contributed by atoms with Crippen LogP contribution in [0.15, 0.2) is 34.6 Å². The summed E-state index contributed by atoms with van der Waals surface area (Å²) in [6.45, 7) is 2.34. The first kappa shape index (κ1) is 11.6. The monoisotopic (exact) mass is 233 g/mol. The molecule has 3 N–H and O–H groups in total. The minimum Gasteiger partial charge on any atom is -0.347 e. The van der Waals surface area contributed by atoms with Gasteiger partial charge in [-0.25, -0.2) is 0 Å². The number of carbonyl (C=O) groups excluding carboxylic acids is 1. The number of hydrogen-bond acceptors (Lipinski definition) is 3. The number of aromatic amines is 1. The standard InChI is InChI=1S/C12H15N3O2/c16-11-3-1-2-10(15-11)12(17)14-8-9-4-6-13-7-5-9/h1-4,13H,5-8H2,(H,14,17)(H,15,16). The van der Waals surface area contributed by atoms with E-state index < -0.39 is 0 Å². The van der Waals surface area contributed by atoms with Crippen molar-refractivity contribution in [3.8, 4) is 0 Å². The van der Waals surface area contributed by atoms with Gasteiger partial charge < -0.3 is 15.6 Å². The molecule has 5 nitrogen and oxygen atoms in total. The topological polar surface area (TPSA) is 74.0 Å². The van der Waals surface area contributed by atoms with Crippen LogP contribution in [0.3, 0.4) is 0 Å². The maximum Gasteiger partial charge on any atom is 0.268 e. The van der Waals surface area contributed by atoms with Gasteiger partial charge in [0.15, 0.2) is 0 Å². The van der Waals surface area contributed by atoms with E-state index in [1.54, 1.807) is 12.1 Å². The molecule has 0 unspecified atom stereocenters. The molecule has 0 aliphatic carbocycles. The van der Waals surface area contributed by atoms with Gasteiger partial charge in [0, 0.05) is 19.2 Å². The minimum atomic E-state index is -0.265. The summed E-state index contributed by atoms with van der Waals surface area (Å²) in [6.07, 6.45) is 3.03. The van der Waals surface area contributed by atoms with Crippen molar-refractivity contribution in [3.63, 3.8) is 0 Å². The second-order valence-corrected chi connectivity index (χ2v) is 3.93. The van der Waals surface area contributed by atoms with Crippen molar-refractivity contribution in [3.05, 3.63) is 45.9 Å². The molecule has 0 bridgehead atoms. The van der Waals surface area contributed by atoms with Gasteiger partial charge in [0.25, 0.3) is 5.91 Å². The van der Waals surface area contributed by atoms with Crippen molar-refractivity contribution >= 4 is 5.91 Å². The molecule has 0 saturated carbocycles. The summed E-state index contributed by atoms with van der Waals surface area (Å²) >= 11 is 0. The van der Waals surface area contributed by atoms with E-state index in [0.29, 0.717) is 12.2 Å². The van der Waals surface area contributed by atoms with Crippen LogP contribution in [0.25, 0.3) is 0 Å². The van der Waals surface area contributed by atoms with E-state index in [4.69, 9.17) is 0 Å². The predicted octanol–water partition coefficient (Wildman–Crippen LogP) is 0.0244. The highest BCUT2D eigenvalue weighted by Gasteiger charge is 2.08. The Balaban J connectivity index is 1.93. The summed E-state index contributed by atoms with van der Waals surface area (Å²) in [7, 11) is 0. The zero-order valence-corrected chi connectivity index (χ0v) is 9.45. The van der Waals surface area contributed by atoms with E-state index >= 15 is 0 Å². The Morgan fingerprint density at radius 3 is 3.00 bits per heavy atom. The number of pyridine rings is 1. The highest BCUT2D eigenvalue weighted by molar-refractivity contribution is 5.92. The largest absolute Gasteiger partial charge is 0.347 e. The molecule has 2 rings (SSSR count). The summed E-state index contributed by atoms with van der Waals surface area (Å²) in [4.78, 5) is 25.3. The molecule has 2 heterocycles. The van der Waals surface area contributed by atoms with E-state index in [-0.39, 0.29) is 11.5 Å². The number of rotatable bonds is 3. The van der Waals surface area contributed by atoms with Crippen LogP contribution in [0.1, 0.15) is 16.9 Å². The zero-order chi connectivity index (χ0) is 12.1. The van der Waals surface area contributed by atoms with Gasteiger partial charge in [-0.1, -0.05) is 17.7 Å². The molecule has 0 aromatic carbocycles. The Kier molecular flexibility index (Phi) is 3.72. The Morgan fingerprint density at radius 2 is 2.29 bits per heavy atom. The third kappa shape index (κ3) is 3.29. The molecule has 0 fully saturated rings. The average molecular weight is 233 g/mol. The molecular formula is C12H15N3O2. The number of aromatic nitrogens is 1. The molecule has 1 aromatic rings. The van der Waals surface area contributed by atoms with E-state index in [0.717, 1.165) is 19.5 Å². The molecule has 17 heavy (non-hydrogen) atoms. The molecule has 90 valence electrons. The molecular weight excluding hydrogens is 218 g/mol. The van der Waals surface area contributed by atoms with Crippen molar-refractivity contribution in [1.29, 1.82) is 0 Å². The highest BCUT2D eigenvalue weighted by atomic mass is 16.2. The number of nitrogens with one attached hydrogen (secondary N) is 3. The Morgan fingerprint density at radius 1 is 1.41 bits per heavy atom. The van der Waals surface area contributed by atoms with Gasteiger partial charge in [0.2, 0.25) is 5.56 Å². The van der Waals surface area contributed by atoms with Crippen LogP contribution in [-0.2, 0) is 0 Å². The van der Waals surface area contributed by atoms with Gasteiger partial charge >= 0.3 is 0 Å². The predicted molar refractivity (Wildman–Crippen MR) is 65.0 cm³/mol. The Labute approximate surface area is 98.9 Å². The first-order valence-corrected chi connectivity index (χ1v) is 5.62. The lowest BCUT2D eigenvalue weighted by molar-refractivity contribution is 0.0951. The lowest BCUT2D eigenvalue weighted by atomic mass is 10.1. The van der Waals surface area contributed by atoms with Crippen molar-refractivity contribution in [2.45, 2.75) is 6.42 Å². The molecule has 1 aliphatic rings. The molecule has 1 aliphatic heterocycles. The Bertz CT molecular complexity index is 491. The van der Waals surface area contributed by atoms with Gasteiger partial charge in [-0.2, -0.15) is 0 Å². The summed E-state index contributed by atoms with van der Waals surface area (Å²) in [5, 5.41) is 6.00. The van der Waals surface area contributed by atoms with Crippen LogP contribution >= 0.6 is 0 Å². The molecule has 0 radical (unpaired) electrons. The summed E-state index contributed by atoms with van der Waals surface area (Å²) in [6, 6.07) is 4.54. The summed E-state index contributed by atoms with van der Waals surface area (Å²) in [5.41, 5.74) is 1.25. The van der Waals surface area contributed by atoms with Gasteiger partial charge in [0.05, 0.1) is 0 Å². The first-order valence-electron chi connectivity index (χ1n) is 5.62. The average Bonchev–Trinajstić information content (AvgIpc) is 2.37. The molecule has 1 amide bonds.